The molecule has 0 aliphatic carbocycles. The van der Waals surface area contributed by atoms with Crippen LogP contribution in [0.25, 0.3) is 0 Å². The van der Waals surface area contributed by atoms with E-state index in [0.717, 1.165) is 19.5 Å². The molecule has 1 aromatic heterocycles. The molecular formula is C14H18FN3O. The zero-order chi connectivity index (χ0) is 13.5. The van der Waals surface area contributed by atoms with Gasteiger partial charge in [0.25, 0.3) is 0 Å². The van der Waals surface area contributed by atoms with Crippen molar-refractivity contribution in [2.24, 2.45) is 0 Å². The first-order valence-corrected chi connectivity index (χ1v) is 6.38. The quantitative estimate of drug-likeness (QED) is 0.748. The number of aromatic nitrogens is 2. The van der Waals surface area contributed by atoms with Crippen molar-refractivity contribution < 1.29 is 9.50 Å². The second-order valence-electron chi connectivity index (χ2n) is 4.36. The fraction of sp³-hybridized carbons (Fsp3) is 0.357. The van der Waals surface area contributed by atoms with Gasteiger partial charge in [0.05, 0.1) is 6.10 Å². The van der Waals surface area contributed by atoms with E-state index in [2.05, 4.69) is 10.4 Å². The van der Waals surface area contributed by atoms with Crippen LogP contribution in [0.2, 0.25) is 0 Å². The molecule has 0 radical (unpaired) electrons. The van der Waals surface area contributed by atoms with Gasteiger partial charge in [-0.15, -0.1) is 0 Å². The Morgan fingerprint density at radius 3 is 2.89 bits per heavy atom. The highest BCUT2D eigenvalue weighted by Crippen LogP contribution is 2.15. The standard InChI is InChI=1S/C14H18FN3O/c15-13-6-2-1-5-12(13)14(19)11-16-7-3-9-18-10-4-8-17-18/h1-2,4-6,8,10,14,16,19H,3,7,9,11H2. The lowest BCUT2D eigenvalue weighted by molar-refractivity contribution is 0.170. The van der Waals surface area contributed by atoms with Crippen molar-refractivity contribution in [3.63, 3.8) is 0 Å². The van der Waals surface area contributed by atoms with E-state index < -0.39 is 6.10 Å². The minimum absolute atomic E-state index is 0.335. The second-order valence-corrected chi connectivity index (χ2v) is 4.36. The molecule has 0 amide bonds. The van der Waals surface area contributed by atoms with E-state index in [9.17, 15) is 9.50 Å². The van der Waals surface area contributed by atoms with E-state index in [1.54, 1.807) is 24.4 Å². The molecule has 0 saturated carbocycles. The molecule has 5 heteroatoms. The fourth-order valence-electron chi connectivity index (χ4n) is 1.89. The molecule has 0 aliphatic rings. The van der Waals surface area contributed by atoms with Crippen LogP contribution in [0.15, 0.2) is 42.7 Å². The number of aliphatic hydroxyl groups excluding tert-OH is 1. The summed E-state index contributed by atoms with van der Waals surface area (Å²) in [6, 6.07) is 8.18. The predicted octanol–water partition coefficient (Wildman–Crippen LogP) is 1.74. The Morgan fingerprint density at radius 1 is 1.32 bits per heavy atom. The van der Waals surface area contributed by atoms with E-state index in [1.165, 1.54) is 6.07 Å². The van der Waals surface area contributed by atoms with Crippen molar-refractivity contribution in [3.8, 4) is 0 Å². The Labute approximate surface area is 111 Å². The first-order valence-electron chi connectivity index (χ1n) is 6.38. The summed E-state index contributed by atoms with van der Waals surface area (Å²) in [4.78, 5) is 0. The number of rotatable bonds is 7. The molecule has 1 aromatic carbocycles. The highest BCUT2D eigenvalue weighted by molar-refractivity contribution is 5.19. The SMILES string of the molecule is OC(CNCCCn1cccn1)c1ccccc1F. The fourth-order valence-corrected chi connectivity index (χ4v) is 1.89. The molecule has 0 saturated heterocycles. The normalized spacial score (nSPS) is 12.5. The average molecular weight is 263 g/mol. The molecule has 0 aliphatic heterocycles. The highest BCUT2D eigenvalue weighted by Gasteiger charge is 2.10. The number of aryl methyl sites for hydroxylation is 1. The van der Waals surface area contributed by atoms with Gasteiger partial charge in [0.2, 0.25) is 0 Å². The third-order valence-corrected chi connectivity index (χ3v) is 2.90. The number of nitrogens with one attached hydrogen (secondary N) is 1. The maximum atomic E-state index is 13.4. The van der Waals surface area contributed by atoms with Crippen molar-refractivity contribution in [3.05, 3.63) is 54.1 Å². The molecule has 1 unspecified atom stereocenters. The van der Waals surface area contributed by atoms with E-state index >= 15 is 0 Å². The van der Waals surface area contributed by atoms with E-state index in [4.69, 9.17) is 0 Å². The number of aliphatic hydroxyl groups is 1. The summed E-state index contributed by atoms with van der Waals surface area (Å²) in [5, 5.41) is 17.1. The first-order chi connectivity index (χ1) is 9.27. The maximum absolute atomic E-state index is 13.4. The number of hydrogen-bond donors (Lipinski definition) is 2. The third kappa shape index (κ3) is 4.15. The summed E-state index contributed by atoms with van der Waals surface area (Å²) >= 11 is 0. The van der Waals surface area contributed by atoms with Crippen LogP contribution in [0, 0.1) is 5.82 Å². The van der Waals surface area contributed by atoms with Gasteiger partial charge in [-0.1, -0.05) is 18.2 Å². The topological polar surface area (TPSA) is 50.1 Å². The van der Waals surface area contributed by atoms with Gasteiger partial charge in [-0.05, 0) is 25.1 Å². The summed E-state index contributed by atoms with van der Waals surface area (Å²) in [5.41, 5.74) is 0.335. The van der Waals surface area contributed by atoms with Crippen molar-refractivity contribution in [2.75, 3.05) is 13.1 Å². The van der Waals surface area contributed by atoms with Crippen LogP contribution in [-0.2, 0) is 6.54 Å². The summed E-state index contributed by atoms with van der Waals surface area (Å²) in [5.74, 6) is -0.367. The monoisotopic (exact) mass is 263 g/mol. The van der Waals surface area contributed by atoms with Crippen LogP contribution in [0.1, 0.15) is 18.1 Å². The predicted molar refractivity (Wildman–Crippen MR) is 71.1 cm³/mol. The molecule has 2 N–H and O–H groups in total. The largest absolute Gasteiger partial charge is 0.387 e. The zero-order valence-electron chi connectivity index (χ0n) is 10.7. The summed E-state index contributed by atoms with van der Waals surface area (Å²) < 4.78 is 15.3. The van der Waals surface area contributed by atoms with Crippen molar-refractivity contribution in [2.45, 2.75) is 19.1 Å². The maximum Gasteiger partial charge on any atom is 0.129 e. The molecule has 0 bridgehead atoms. The summed E-state index contributed by atoms with van der Waals surface area (Å²) in [6.45, 7) is 1.93. The van der Waals surface area contributed by atoms with Gasteiger partial charge in [0.1, 0.15) is 5.82 Å². The molecule has 19 heavy (non-hydrogen) atoms. The van der Waals surface area contributed by atoms with Gasteiger partial charge >= 0.3 is 0 Å². The van der Waals surface area contributed by atoms with E-state index in [-0.39, 0.29) is 5.82 Å². The van der Waals surface area contributed by atoms with Gasteiger partial charge in [-0.2, -0.15) is 5.10 Å². The zero-order valence-corrected chi connectivity index (χ0v) is 10.7. The number of nitrogens with zero attached hydrogens (tertiary/aromatic N) is 2. The van der Waals surface area contributed by atoms with Gasteiger partial charge in [0, 0.05) is 31.0 Å². The minimum Gasteiger partial charge on any atom is -0.387 e. The number of hydrogen-bond acceptors (Lipinski definition) is 3. The molecule has 1 heterocycles. The Morgan fingerprint density at radius 2 is 2.16 bits per heavy atom. The average Bonchev–Trinajstić information content (AvgIpc) is 2.92. The Bertz CT molecular complexity index is 487. The van der Waals surface area contributed by atoms with Crippen LogP contribution in [0.4, 0.5) is 4.39 Å². The Balaban J connectivity index is 1.67. The molecule has 0 spiro atoms. The number of halogens is 1. The van der Waals surface area contributed by atoms with Gasteiger partial charge in [0.15, 0.2) is 0 Å². The molecule has 0 fully saturated rings. The van der Waals surface area contributed by atoms with Gasteiger partial charge < -0.3 is 10.4 Å². The second kappa shape index (κ2) is 7.01. The molecule has 102 valence electrons. The number of benzene rings is 1. The van der Waals surface area contributed by atoms with Crippen molar-refractivity contribution >= 4 is 0 Å². The Hall–Kier alpha value is -1.72. The minimum atomic E-state index is -0.814. The lowest BCUT2D eigenvalue weighted by Gasteiger charge is -2.12. The lowest BCUT2D eigenvalue weighted by Crippen LogP contribution is -2.24. The molecule has 2 rings (SSSR count). The van der Waals surface area contributed by atoms with Crippen molar-refractivity contribution in [1.29, 1.82) is 0 Å². The molecule has 4 nitrogen and oxygen atoms in total. The lowest BCUT2D eigenvalue weighted by atomic mass is 10.1. The third-order valence-electron chi connectivity index (χ3n) is 2.90. The van der Waals surface area contributed by atoms with Crippen LogP contribution < -0.4 is 5.32 Å². The van der Waals surface area contributed by atoms with Crippen LogP contribution in [0.3, 0.4) is 0 Å². The smallest absolute Gasteiger partial charge is 0.129 e. The van der Waals surface area contributed by atoms with E-state index in [1.807, 2.05) is 16.9 Å². The molecule has 2 aromatic rings. The van der Waals surface area contributed by atoms with Gasteiger partial charge in [-0.3, -0.25) is 4.68 Å². The first kappa shape index (κ1) is 13.7. The highest BCUT2D eigenvalue weighted by atomic mass is 19.1. The van der Waals surface area contributed by atoms with Crippen LogP contribution >= 0.6 is 0 Å². The van der Waals surface area contributed by atoms with Gasteiger partial charge in [-0.25, -0.2) is 4.39 Å². The molecular weight excluding hydrogens is 245 g/mol. The van der Waals surface area contributed by atoms with E-state index in [0.29, 0.717) is 12.1 Å². The van der Waals surface area contributed by atoms with Crippen LogP contribution in [0.5, 0.6) is 0 Å². The summed E-state index contributed by atoms with van der Waals surface area (Å²) in [7, 11) is 0. The van der Waals surface area contributed by atoms with Crippen LogP contribution in [-0.4, -0.2) is 28.0 Å². The molecule has 1 atom stereocenters. The summed E-state index contributed by atoms with van der Waals surface area (Å²) in [6.07, 6.45) is 3.75. The van der Waals surface area contributed by atoms with Crippen molar-refractivity contribution in [1.82, 2.24) is 15.1 Å². The Kier molecular flexibility index (Phi) is 5.06.